The van der Waals surface area contributed by atoms with Crippen LogP contribution in [-0.2, 0) is 15.6 Å². The number of alkyl halides is 3. The molecular formula is C54H62Cl2F3SiZr. The van der Waals surface area contributed by atoms with Crippen LogP contribution in [0.15, 0.2) is 83.9 Å². The average Bonchev–Trinajstić information content (AvgIpc) is 4.06. The van der Waals surface area contributed by atoms with Crippen LogP contribution in [0.1, 0.15) is 135 Å². The number of aryl methyl sites for hydroxylation is 4. The van der Waals surface area contributed by atoms with Crippen LogP contribution in [0.4, 0.5) is 13.2 Å². The van der Waals surface area contributed by atoms with E-state index in [4.69, 9.17) is 0 Å². The third kappa shape index (κ3) is 7.42. The monoisotopic (exact) mass is 955 g/mol. The molecule has 4 aromatic rings. The summed E-state index contributed by atoms with van der Waals surface area (Å²) in [5.41, 5.74) is 17.5. The molecule has 4 fully saturated rings. The topological polar surface area (TPSA) is 0 Å². The summed E-state index contributed by atoms with van der Waals surface area (Å²) in [5, 5.41) is 0. The average molecular weight is 958 g/mol. The Morgan fingerprint density at radius 3 is 1.36 bits per heavy atom. The van der Waals surface area contributed by atoms with Crippen LogP contribution < -0.4 is 0 Å². The van der Waals surface area contributed by atoms with E-state index in [2.05, 4.69) is 119 Å². The second-order valence-corrected chi connectivity index (χ2v) is 62.9. The normalized spacial score (nSPS) is 28.7. The summed E-state index contributed by atoms with van der Waals surface area (Å²) in [7, 11) is 18.4. The molecule has 3 atom stereocenters. The molecule has 6 aliphatic rings. The molecule has 0 aromatic heterocycles. The van der Waals surface area contributed by atoms with Crippen LogP contribution in [0.25, 0.3) is 34.4 Å². The van der Waals surface area contributed by atoms with Crippen LogP contribution in [0.3, 0.4) is 0 Å². The van der Waals surface area contributed by atoms with E-state index in [0.717, 1.165) is 24.7 Å². The van der Waals surface area contributed by atoms with Crippen molar-refractivity contribution in [2.24, 2.45) is 22.7 Å². The van der Waals surface area contributed by atoms with E-state index in [1.165, 1.54) is 142 Å². The first-order chi connectivity index (χ1) is 28.9. The minimum atomic E-state index is -5.73. The zero-order valence-electron chi connectivity index (χ0n) is 36.8. The molecule has 0 N–H and O–H groups in total. The molecule has 321 valence electrons. The van der Waals surface area contributed by atoms with E-state index in [-0.39, 0.29) is 24.1 Å². The van der Waals surface area contributed by atoms with Gasteiger partial charge in [-0.25, -0.2) is 0 Å². The number of hydrogen-bond donors (Lipinski definition) is 0. The van der Waals surface area contributed by atoms with E-state index >= 15 is 0 Å². The molecule has 6 aliphatic carbocycles. The van der Waals surface area contributed by atoms with Crippen LogP contribution in [0.2, 0.25) is 12.6 Å². The number of allylic oxidation sites excluding steroid dienone is 2. The minimum absolute atomic E-state index is 0.0773. The van der Waals surface area contributed by atoms with Crippen molar-refractivity contribution in [1.82, 2.24) is 0 Å². The fraction of sp³-hybridized carbons (Fsp3) is 0.481. The third-order valence-electron chi connectivity index (χ3n) is 17.2. The summed E-state index contributed by atoms with van der Waals surface area (Å²) >= 11 is -5.73. The number of rotatable bonds is 11. The molecule has 61 heavy (non-hydrogen) atoms. The third-order valence-corrected chi connectivity index (χ3v) is 67.4. The Labute approximate surface area is 371 Å². The maximum atomic E-state index is 14.6. The summed E-state index contributed by atoms with van der Waals surface area (Å²) in [4.78, 5) is 0. The van der Waals surface area contributed by atoms with Crippen molar-refractivity contribution < 1.29 is 28.7 Å². The molecule has 0 nitrogen and oxygen atoms in total. The van der Waals surface area contributed by atoms with Gasteiger partial charge in [0.25, 0.3) is 0 Å². The molecule has 4 bridgehead atoms. The van der Waals surface area contributed by atoms with Crippen LogP contribution in [0.5, 0.6) is 0 Å². The standard InChI is InChI=1S/2C25H27.C4H8F3Si.2ClH.Zr/c2*1-17-10-18(2)12-22(11-17)23-5-3-4-21-13-20(14-24(21)23)16-25-8-6-19(15-25)7-9-25;1-8-3-2-4(5,6)7;;;/h2*3-5,10-14,19H,6-9,15-16H2,1-2H3;8H,2-3H2,1H3;2*1H;/q;;;;;+2/p-2. The van der Waals surface area contributed by atoms with Gasteiger partial charge in [-0.15, -0.1) is 0 Å². The van der Waals surface area contributed by atoms with Gasteiger partial charge in [-0.3, -0.25) is 0 Å². The van der Waals surface area contributed by atoms with Gasteiger partial charge in [-0.2, -0.15) is 0 Å². The first-order valence-corrected chi connectivity index (χ1v) is 39.4. The van der Waals surface area contributed by atoms with E-state index in [0.29, 0.717) is 0 Å². The van der Waals surface area contributed by atoms with E-state index in [1.54, 1.807) is 0 Å². The SMILES string of the molecule is Cc1cc(C)cc(-c2cccc3c2C=C(CC24CCC(CC2)C4)[CH]3[Zr]([Cl])([Cl])([CH]2C(CC34CCC(CC3)C4)=Cc3c(-c4cc(C)cc(C)c4)cccc32)[SiH](C)CCC(F)(F)F)c1. The quantitative estimate of drug-likeness (QED) is 0.131. The van der Waals surface area contributed by atoms with Gasteiger partial charge < -0.3 is 0 Å². The van der Waals surface area contributed by atoms with Crippen molar-refractivity contribution >= 4 is 35.1 Å². The van der Waals surface area contributed by atoms with Crippen molar-refractivity contribution in [3.05, 3.63) is 128 Å². The maximum absolute atomic E-state index is 14.6. The molecule has 0 saturated heterocycles. The Hall–Kier alpha value is -2.17. The van der Waals surface area contributed by atoms with Crippen molar-refractivity contribution in [1.29, 1.82) is 0 Å². The number of halogens is 5. The summed E-state index contributed by atoms with van der Waals surface area (Å²) < 4.78 is 43.3. The second-order valence-electron chi connectivity index (χ2n) is 21.6. The Balaban J connectivity index is 1.22. The predicted octanol–water partition coefficient (Wildman–Crippen LogP) is 17.1. The first-order valence-electron chi connectivity index (χ1n) is 23.4. The van der Waals surface area contributed by atoms with Crippen LogP contribution in [0, 0.1) is 50.4 Å². The summed E-state index contributed by atoms with van der Waals surface area (Å²) in [6.45, 7) is 10.8. The van der Waals surface area contributed by atoms with Crippen molar-refractivity contribution in [2.45, 2.75) is 137 Å². The van der Waals surface area contributed by atoms with Crippen molar-refractivity contribution in [3.8, 4) is 22.3 Å². The molecule has 0 radical (unpaired) electrons. The fourth-order valence-electron chi connectivity index (χ4n) is 14.7. The summed E-state index contributed by atoms with van der Waals surface area (Å²) in [6, 6.07) is 27.1. The molecule has 0 spiro atoms. The van der Waals surface area contributed by atoms with Gasteiger partial charge in [0.2, 0.25) is 0 Å². The molecule has 0 amide bonds. The van der Waals surface area contributed by atoms with E-state index in [9.17, 15) is 30.2 Å². The Kier molecular flexibility index (Phi) is 10.7. The molecule has 7 heteroatoms. The summed E-state index contributed by atoms with van der Waals surface area (Å²) in [6.07, 6.45) is 14.3. The zero-order valence-corrected chi connectivity index (χ0v) is 41.9. The number of benzene rings is 4. The van der Waals surface area contributed by atoms with Gasteiger partial charge in [-0.05, 0) is 0 Å². The number of fused-ring (bicyclic) bond motifs is 6. The molecule has 10 rings (SSSR count). The molecule has 0 heterocycles. The van der Waals surface area contributed by atoms with Gasteiger partial charge >= 0.3 is 374 Å². The fourth-order valence-corrected chi connectivity index (χ4v) is 54.7. The second kappa shape index (κ2) is 15.2. The number of hydrogen-bond acceptors (Lipinski definition) is 0. The Morgan fingerprint density at radius 2 is 1.02 bits per heavy atom. The van der Waals surface area contributed by atoms with Gasteiger partial charge in [0, 0.05) is 0 Å². The molecule has 0 aliphatic heterocycles. The van der Waals surface area contributed by atoms with E-state index < -0.39 is 34.1 Å². The van der Waals surface area contributed by atoms with Gasteiger partial charge in [-0.1, -0.05) is 0 Å². The van der Waals surface area contributed by atoms with Gasteiger partial charge in [0.05, 0.1) is 0 Å². The molecule has 4 saturated carbocycles. The van der Waals surface area contributed by atoms with Crippen LogP contribution in [-0.4, -0.2) is 12.1 Å². The molecule has 4 aromatic carbocycles. The predicted molar refractivity (Wildman–Crippen MR) is 252 cm³/mol. The first kappa shape index (κ1) is 42.8. The van der Waals surface area contributed by atoms with E-state index in [1.807, 2.05) is 0 Å². The van der Waals surface area contributed by atoms with Crippen LogP contribution >= 0.6 is 17.0 Å². The van der Waals surface area contributed by atoms with Gasteiger partial charge in [0.15, 0.2) is 0 Å². The Bertz CT molecular complexity index is 2280. The summed E-state index contributed by atoms with van der Waals surface area (Å²) in [5.74, 6) is -0.995. The van der Waals surface area contributed by atoms with Gasteiger partial charge in [0.1, 0.15) is 0 Å². The molecule has 3 unspecified atom stereocenters. The zero-order chi connectivity index (χ0) is 42.7. The van der Waals surface area contributed by atoms with Crippen molar-refractivity contribution in [2.75, 3.05) is 0 Å². The molecular weight excluding hydrogens is 896 g/mol. The Morgan fingerprint density at radius 1 is 0.623 bits per heavy atom. The van der Waals surface area contributed by atoms with Crippen molar-refractivity contribution in [3.63, 3.8) is 0 Å².